The molecular weight excluding hydrogens is 360 g/mol. The van der Waals surface area contributed by atoms with Gasteiger partial charge in [-0.05, 0) is 48.1 Å². The zero-order valence-corrected chi connectivity index (χ0v) is 17.1. The number of ether oxygens (including phenoxy) is 1. The summed E-state index contributed by atoms with van der Waals surface area (Å²) in [6.45, 7) is 5.02. The first-order chi connectivity index (χ1) is 14.3. The molecule has 2 aromatic carbocycles. The van der Waals surface area contributed by atoms with Gasteiger partial charge < -0.3 is 9.64 Å². The van der Waals surface area contributed by atoms with Crippen LogP contribution in [0.2, 0.25) is 0 Å². The van der Waals surface area contributed by atoms with Gasteiger partial charge in [0, 0.05) is 37.7 Å². The fourth-order valence-corrected chi connectivity index (χ4v) is 5.11. The van der Waals surface area contributed by atoms with Crippen LogP contribution in [0, 0.1) is 5.92 Å². The van der Waals surface area contributed by atoms with Gasteiger partial charge in [-0.3, -0.25) is 9.69 Å². The first kappa shape index (κ1) is 18.7. The number of rotatable bonds is 3. The van der Waals surface area contributed by atoms with Crippen molar-refractivity contribution in [3.63, 3.8) is 0 Å². The number of hydrogen-bond donors (Lipinski definition) is 0. The fraction of sp³-hybridized carbons (Fsp3) is 0.480. The number of carbonyl (C=O) groups excluding carboxylic acids is 1. The average molecular weight is 391 g/mol. The molecule has 0 spiro atoms. The largest absolute Gasteiger partial charge is 0.491 e. The van der Waals surface area contributed by atoms with E-state index in [1.807, 2.05) is 4.90 Å². The van der Waals surface area contributed by atoms with E-state index in [1.54, 1.807) is 0 Å². The van der Waals surface area contributed by atoms with Gasteiger partial charge in [-0.2, -0.15) is 0 Å². The predicted molar refractivity (Wildman–Crippen MR) is 114 cm³/mol. The van der Waals surface area contributed by atoms with Crippen molar-refractivity contribution in [3.8, 4) is 5.75 Å². The van der Waals surface area contributed by atoms with E-state index in [0.29, 0.717) is 25.6 Å². The van der Waals surface area contributed by atoms with Crippen molar-refractivity contribution < 1.29 is 9.53 Å². The second-order valence-corrected chi connectivity index (χ2v) is 8.76. The topological polar surface area (TPSA) is 32.8 Å². The van der Waals surface area contributed by atoms with Crippen LogP contribution in [-0.2, 0) is 30.8 Å². The Kier molecular flexibility index (Phi) is 5.28. The van der Waals surface area contributed by atoms with Crippen molar-refractivity contribution in [1.29, 1.82) is 0 Å². The fourth-order valence-electron chi connectivity index (χ4n) is 5.11. The quantitative estimate of drug-likeness (QED) is 0.789. The van der Waals surface area contributed by atoms with E-state index in [4.69, 9.17) is 4.74 Å². The number of benzene rings is 2. The third-order valence-corrected chi connectivity index (χ3v) is 6.74. The third-order valence-electron chi connectivity index (χ3n) is 6.74. The lowest BCUT2D eigenvalue weighted by atomic mass is 9.99. The van der Waals surface area contributed by atoms with Crippen LogP contribution in [0.4, 0.5) is 0 Å². The van der Waals surface area contributed by atoms with E-state index in [0.717, 1.165) is 50.2 Å². The van der Waals surface area contributed by atoms with Gasteiger partial charge >= 0.3 is 0 Å². The standard InChI is InChI=1S/C25H30N2O2/c28-25(21-6-2-3-7-21)27-13-14-29-24-10-9-19(15-23(24)18-27)16-26-12-11-20-5-1-4-8-22(20)17-26/h1,4-5,8-10,15,21H,2-3,6-7,11-14,16-18H2. The van der Waals surface area contributed by atoms with Crippen LogP contribution in [0.25, 0.3) is 0 Å². The van der Waals surface area contributed by atoms with Gasteiger partial charge in [0.1, 0.15) is 12.4 Å². The Morgan fingerprint density at radius 3 is 2.66 bits per heavy atom. The van der Waals surface area contributed by atoms with Gasteiger partial charge in [0.15, 0.2) is 0 Å². The highest BCUT2D eigenvalue weighted by Crippen LogP contribution is 2.30. The monoisotopic (exact) mass is 390 g/mol. The van der Waals surface area contributed by atoms with Gasteiger partial charge in [-0.1, -0.05) is 43.2 Å². The maximum Gasteiger partial charge on any atom is 0.226 e. The van der Waals surface area contributed by atoms with Crippen LogP contribution < -0.4 is 4.74 Å². The van der Waals surface area contributed by atoms with Crippen molar-refractivity contribution in [1.82, 2.24) is 9.80 Å². The third kappa shape index (κ3) is 4.04. The molecular formula is C25H30N2O2. The van der Waals surface area contributed by atoms with E-state index in [-0.39, 0.29) is 5.92 Å². The number of hydrogen-bond acceptors (Lipinski definition) is 3. The molecule has 1 saturated carbocycles. The number of fused-ring (bicyclic) bond motifs is 2. The van der Waals surface area contributed by atoms with Crippen molar-refractivity contribution in [3.05, 3.63) is 64.7 Å². The molecule has 5 rings (SSSR count). The molecule has 4 nitrogen and oxygen atoms in total. The molecule has 0 bridgehead atoms. The summed E-state index contributed by atoms with van der Waals surface area (Å²) in [6.07, 6.45) is 5.62. The molecule has 3 aliphatic rings. The van der Waals surface area contributed by atoms with Gasteiger partial charge in [0.05, 0.1) is 6.54 Å². The molecule has 0 N–H and O–H groups in total. The highest BCUT2D eigenvalue weighted by atomic mass is 16.5. The van der Waals surface area contributed by atoms with Gasteiger partial charge in [0.25, 0.3) is 0 Å². The Bertz CT molecular complexity index is 888. The summed E-state index contributed by atoms with van der Waals surface area (Å²) in [6, 6.07) is 15.3. The molecule has 1 fully saturated rings. The van der Waals surface area contributed by atoms with Crippen LogP contribution in [0.3, 0.4) is 0 Å². The summed E-state index contributed by atoms with van der Waals surface area (Å²) in [5.74, 6) is 1.50. The summed E-state index contributed by atoms with van der Waals surface area (Å²) in [5, 5.41) is 0. The Morgan fingerprint density at radius 1 is 0.966 bits per heavy atom. The first-order valence-electron chi connectivity index (χ1n) is 11.1. The smallest absolute Gasteiger partial charge is 0.226 e. The molecule has 1 aliphatic carbocycles. The number of amides is 1. The number of carbonyl (C=O) groups is 1. The lowest BCUT2D eigenvalue weighted by molar-refractivity contribution is -0.136. The van der Waals surface area contributed by atoms with E-state index in [9.17, 15) is 4.79 Å². The molecule has 2 aromatic rings. The minimum absolute atomic E-state index is 0.230. The van der Waals surface area contributed by atoms with Crippen molar-refractivity contribution >= 4 is 5.91 Å². The predicted octanol–water partition coefficient (Wildman–Crippen LogP) is 4.16. The Morgan fingerprint density at radius 2 is 1.79 bits per heavy atom. The molecule has 2 heterocycles. The van der Waals surface area contributed by atoms with Crippen LogP contribution in [0.1, 0.15) is 47.9 Å². The lowest BCUT2D eigenvalue weighted by Crippen LogP contribution is -2.36. The van der Waals surface area contributed by atoms with Crippen molar-refractivity contribution in [2.75, 3.05) is 19.7 Å². The Labute approximate surface area is 173 Å². The Hall–Kier alpha value is -2.33. The van der Waals surface area contributed by atoms with Crippen LogP contribution in [0.5, 0.6) is 5.75 Å². The van der Waals surface area contributed by atoms with Crippen LogP contribution in [-0.4, -0.2) is 35.4 Å². The number of nitrogens with zero attached hydrogens (tertiary/aromatic N) is 2. The first-order valence-corrected chi connectivity index (χ1v) is 11.1. The molecule has 0 atom stereocenters. The molecule has 152 valence electrons. The minimum Gasteiger partial charge on any atom is -0.491 e. The second kappa shape index (κ2) is 8.19. The molecule has 0 unspecified atom stereocenters. The highest BCUT2D eigenvalue weighted by Gasteiger charge is 2.29. The Balaban J connectivity index is 1.29. The summed E-state index contributed by atoms with van der Waals surface area (Å²) < 4.78 is 5.98. The van der Waals surface area contributed by atoms with Crippen molar-refractivity contribution in [2.24, 2.45) is 5.92 Å². The summed E-state index contributed by atoms with van der Waals surface area (Å²) in [5.41, 5.74) is 5.40. The van der Waals surface area contributed by atoms with E-state index >= 15 is 0 Å². The van der Waals surface area contributed by atoms with E-state index < -0.39 is 0 Å². The second-order valence-electron chi connectivity index (χ2n) is 8.76. The molecule has 29 heavy (non-hydrogen) atoms. The molecule has 0 aromatic heterocycles. The summed E-state index contributed by atoms with van der Waals surface area (Å²) in [7, 11) is 0. The molecule has 2 aliphatic heterocycles. The summed E-state index contributed by atoms with van der Waals surface area (Å²) in [4.78, 5) is 17.5. The zero-order valence-electron chi connectivity index (χ0n) is 17.1. The molecule has 0 radical (unpaired) electrons. The molecule has 4 heteroatoms. The highest BCUT2D eigenvalue weighted by molar-refractivity contribution is 5.79. The maximum atomic E-state index is 12.9. The van der Waals surface area contributed by atoms with Crippen LogP contribution >= 0.6 is 0 Å². The average Bonchev–Trinajstić information content (AvgIpc) is 3.20. The normalized spacial score (nSPS) is 19.9. The molecule has 1 amide bonds. The maximum absolute atomic E-state index is 12.9. The van der Waals surface area contributed by atoms with Gasteiger partial charge in [-0.15, -0.1) is 0 Å². The zero-order chi connectivity index (χ0) is 19.6. The van der Waals surface area contributed by atoms with E-state index in [2.05, 4.69) is 47.4 Å². The molecule has 0 saturated heterocycles. The minimum atomic E-state index is 0.230. The SMILES string of the molecule is O=C(C1CCCC1)N1CCOc2ccc(CN3CCc4ccccc4C3)cc2C1. The van der Waals surface area contributed by atoms with Gasteiger partial charge in [-0.25, -0.2) is 0 Å². The van der Waals surface area contributed by atoms with Crippen LogP contribution in [0.15, 0.2) is 42.5 Å². The van der Waals surface area contributed by atoms with Gasteiger partial charge in [0.2, 0.25) is 5.91 Å². The lowest BCUT2D eigenvalue weighted by Gasteiger charge is -2.29. The van der Waals surface area contributed by atoms with E-state index in [1.165, 1.54) is 29.5 Å². The summed E-state index contributed by atoms with van der Waals surface area (Å²) >= 11 is 0. The van der Waals surface area contributed by atoms with Crippen molar-refractivity contribution in [2.45, 2.75) is 51.7 Å².